The maximum atomic E-state index is 5.98. The molecule has 1 heterocycles. The summed E-state index contributed by atoms with van der Waals surface area (Å²) in [6.07, 6.45) is 3.29. The van der Waals surface area contributed by atoms with Gasteiger partial charge in [-0.15, -0.1) is 0 Å². The minimum Gasteiger partial charge on any atom is -0.397 e. The lowest BCUT2D eigenvalue weighted by Crippen LogP contribution is -2.18. The molecule has 0 atom stereocenters. The van der Waals surface area contributed by atoms with E-state index in [9.17, 15) is 0 Å². The van der Waals surface area contributed by atoms with Crippen LogP contribution in [0.2, 0.25) is 5.02 Å². The van der Waals surface area contributed by atoms with E-state index in [1.54, 1.807) is 0 Å². The van der Waals surface area contributed by atoms with Crippen molar-refractivity contribution < 1.29 is 4.74 Å². The molecule has 2 nitrogen and oxygen atoms in total. The molecule has 2 rings (SSSR count). The highest BCUT2D eigenvalue weighted by molar-refractivity contribution is 6.33. The molecule has 1 aliphatic rings. The molecule has 0 aromatic heterocycles. The van der Waals surface area contributed by atoms with Crippen LogP contribution in [-0.4, -0.2) is 13.2 Å². The van der Waals surface area contributed by atoms with Crippen molar-refractivity contribution in [3.63, 3.8) is 0 Å². The lowest BCUT2D eigenvalue weighted by Gasteiger charge is -2.22. The number of nitrogen functional groups attached to an aromatic ring is 1. The van der Waals surface area contributed by atoms with Gasteiger partial charge in [0, 0.05) is 13.2 Å². The van der Waals surface area contributed by atoms with Crippen molar-refractivity contribution in [2.24, 2.45) is 5.92 Å². The molecule has 0 saturated carbocycles. The van der Waals surface area contributed by atoms with E-state index in [-0.39, 0.29) is 0 Å². The summed E-state index contributed by atoms with van der Waals surface area (Å²) in [7, 11) is 0. The summed E-state index contributed by atoms with van der Waals surface area (Å²) >= 11 is 5.98. The predicted molar refractivity (Wildman–Crippen MR) is 63.1 cm³/mol. The summed E-state index contributed by atoms with van der Waals surface area (Å²) in [5, 5.41) is 0.666. The third-order valence-corrected chi connectivity index (χ3v) is 3.32. The Morgan fingerprint density at radius 2 is 2.07 bits per heavy atom. The average Bonchev–Trinajstić information content (AvgIpc) is 2.26. The topological polar surface area (TPSA) is 35.2 Å². The fraction of sp³-hybridized carbons (Fsp3) is 0.500. The molecule has 1 aliphatic heterocycles. The van der Waals surface area contributed by atoms with Gasteiger partial charge in [0.25, 0.3) is 0 Å². The first kappa shape index (κ1) is 10.8. The summed E-state index contributed by atoms with van der Waals surface area (Å²) in [4.78, 5) is 0. The van der Waals surface area contributed by atoms with Crippen molar-refractivity contribution in [3.05, 3.63) is 28.8 Å². The summed E-state index contributed by atoms with van der Waals surface area (Å²) in [6.45, 7) is 1.76. The van der Waals surface area contributed by atoms with Crippen LogP contribution in [0.25, 0.3) is 0 Å². The zero-order valence-electron chi connectivity index (χ0n) is 8.71. The number of nitrogens with two attached hydrogens (primary N) is 1. The van der Waals surface area contributed by atoms with Crippen LogP contribution in [0.4, 0.5) is 5.69 Å². The summed E-state index contributed by atoms with van der Waals surface area (Å²) in [5.41, 5.74) is 7.85. The van der Waals surface area contributed by atoms with Crippen molar-refractivity contribution in [2.75, 3.05) is 18.9 Å². The van der Waals surface area contributed by atoms with Gasteiger partial charge in [0.2, 0.25) is 0 Å². The number of para-hydroxylation sites is 1. The molecule has 1 aromatic carbocycles. The highest BCUT2D eigenvalue weighted by Gasteiger charge is 2.15. The second-order valence-electron chi connectivity index (χ2n) is 4.07. The molecule has 0 radical (unpaired) electrons. The largest absolute Gasteiger partial charge is 0.397 e. The highest BCUT2D eigenvalue weighted by Crippen LogP contribution is 2.27. The molecule has 0 spiro atoms. The Bertz CT molecular complexity index is 334. The first-order valence-corrected chi connectivity index (χ1v) is 5.76. The maximum absolute atomic E-state index is 5.98. The molecule has 0 amide bonds. The number of halogens is 1. The summed E-state index contributed by atoms with van der Waals surface area (Å²) in [6, 6.07) is 5.87. The Labute approximate surface area is 95.4 Å². The van der Waals surface area contributed by atoms with E-state index in [2.05, 4.69) is 6.07 Å². The van der Waals surface area contributed by atoms with Gasteiger partial charge in [-0.3, -0.25) is 0 Å². The lowest BCUT2D eigenvalue weighted by molar-refractivity contribution is 0.0666. The van der Waals surface area contributed by atoms with Gasteiger partial charge in [-0.1, -0.05) is 23.7 Å². The Balaban J connectivity index is 2.06. The minimum absolute atomic E-state index is 0.666. The van der Waals surface area contributed by atoms with E-state index in [0.717, 1.165) is 38.2 Å². The van der Waals surface area contributed by atoms with Gasteiger partial charge in [-0.25, -0.2) is 0 Å². The monoisotopic (exact) mass is 225 g/mol. The third-order valence-electron chi connectivity index (χ3n) is 2.99. The average molecular weight is 226 g/mol. The molecule has 3 heteroatoms. The Hall–Kier alpha value is -0.730. The Morgan fingerprint density at radius 3 is 2.80 bits per heavy atom. The first-order chi connectivity index (χ1) is 7.27. The zero-order valence-corrected chi connectivity index (χ0v) is 9.46. The molecular weight excluding hydrogens is 210 g/mol. The smallest absolute Gasteiger partial charge is 0.0638 e. The fourth-order valence-electron chi connectivity index (χ4n) is 2.02. The van der Waals surface area contributed by atoms with Gasteiger partial charge < -0.3 is 10.5 Å². The highest BCUT2D eigenvalue weighted by atomic mass is 35.5. The van der Waals surface area contributed by atoms with E-state index in [0.29, 0.717) is 10.9 Å². The van der Waals surface area contributed by atoms with Crippen LogP contribution in [0.5, 0.6) is 0 Å². The van der Waals surface area contributed by atoms with Gasteiger partial charge in [0.05, 0.1) is 10.7 Å². The molecule has 0 aliphatic carbocycles. The quantitative estimate of drug-likeness (QED) is 0.786. The lowest BCUT2D eigenvalue weighted by atomic mass is 9.92. The number of benzene rings is 1. The van der Waals surface area contributed by atoms with Crippen LogP contribution < -0.4 is 5.73 Å². The van der Waals surface area contributed by atoms with Crippen molar-refractivity contribution >= 4 is 17.3 Å². The number of rotatable bonds is 2. The molecule has 1 fully saturated rings. The molecule has 15 heavy (non-hydrogen) atoms. The van der Waals surface area contributed by atoms with E-state index in [1.807, 2.05) is 12.1 Å². The van der Waals surface area contributed by atoms with Crippen LogP contribution in [0.1, 0.15) is 18.4 Å². The predicted octanol–water partition coefficient (Wildman–Crippen LogP) is 2.89. The van der Waals surface area contributed by atoms with E-state index in [1.165, 1.54) is 5.56 Å². The second kappa shape index (κ2) is 4.86. The van der Waals surface area contributed by atoms with E-state index < -0.39 is 0 Å². The summed E-state index contributed by atoms with van der Waals surface area (Å²) in [5.74, 6) is 0.694. The van der Waals surface area contributed by atoms with E-state index >= 15 is 0 Å². The van der Waals surface area contributed by atoms with Gasteiger partial charge in [-0.05, 0) is 36.8 Å². The fourth-order valence-corrected chi connectivity index (χ4v) is 2.22. The van der Waals surface area contributed by atoms with Gasteiger partial charge in [0.1, 0.15) is 0 Å². The van der Waals surface area contributed by atoms with Gasteiger partial charge in [0.15, 0.2) is 0 Å². The number of anilines is 1. The van der Waals surface area contributed by atoms with Crippen LogP contribution in [0.3, 0.4) is 0 Å². The van der Waals surface area contributed by atoms with Crippen LogP contribution in [-0.2, 0) is 11.2 Å². The molecule has 1 aromatic rings. The van der Waals surface area contributed by atoms with Crippen molar-refractivity contribution in [2.45, 2.75) is 19.3 Å². The van der Waals surface area contributed by atoms with Gasteiger partial charge >= 0.3 is 0 Å². The van der Waals surface area contributed by atoms with Crippen molar-refractivity contribution in [3.8, 4) is 0 Å². The molecule has 82 valence electrons. The standard InChI is InChI=1S/C12H16ClNO/c13-11-3-1-2-10(12(11)14)8-9-4-6-15-7-5-9/h1-3,9H,4-8,14H2. The number of hydrogen-bond acceptors (Lipinski definition) is 2. The molecular formula is C12H16ClNO. The zero-order chi connectivity index (χ0) is 10.7. The molecule has 0 bridgehead atoms. The SMILES string of the molecule is Nc1c(Cl)cccc1CC1CCOCC1. The van der Waals surface area contributed by atoms with Crippen LogP contribution >= 0.6 is 11.6 Å². The normalized spacial score (nSPS) is 17.9. The second-order valence-corrected chi connectivity index (χ2v) is 4.48. The minimum atomic E-state index is 0.666. The number of ether oxygens (including phenoxy) is 1. The molecule has 0 unspecified atom stereocenters. The maximum Gasteiger partial charge on any atom is 0.0638 e. The van der Waals surface area contributed by atoms with E-state index in [4.69, 9.17) is 22.1 Å². The molecule has 1 saturated heterocycles. The van der Waals surface area contributed by atoms with Crippen molar-refractivity contribution in [1.29, 1.82) is 0 Å². The van der Waals surface area contributed by atoms with Crippen LogP contribution in [0.15, 0.2) is 18.2 Å². The summed E-state index contributed by atoms with van der Waals surface area (Å²) < 4.78 is 5.33. The first-order valence-electron chi connectivity index (χ1n) is 5.38. The molecule has 2 N–H and O–H groups in total. The Morgan fingerprint density at radius 1 is 1.33 bits per heavy atom. The number of hydrogen-bond donors (Lipinski definition) is 1. The third kappa shape index (κ3) is 2.64. The van der Waals surface area contributed by atoms with Gasteiger partial charge in [-0.2, -0.15) is 0 Å². The van der Waals surface area contributed by atoms with Crippen molar-refractivity contribution in [1.82, 2.24) is 0 Å². The Kier molecular flexibility index (Phi) is 3.49. The van der Waals surface area contributed by atoms with Crippen LogP contribution in [0, 0.1) is 5.92 Å².